The molecule has 3 rings (SSSR count). The lowest BCUT2D eigenvalue weighted by molar-refractivity contribution is 0.0374. The second-order valence-electron chi connectivity index (χ2n) is 6.85. The minimum atomic E-state index is 0. The Labute approximate surface area is 196 Å². The van der Waals surface area contributed by atoms with Crippen molar-refractivity contribution in [3.05, 3.63) is 58.6 Å². The molecule has 2 aromatic rings. The maximum atomic E-state index is 6.28. The van der Waals surface area contributed by atoms with E-state index in [1.54, 1.807) is 13.2 Å². The summed E-state index contributed by atoms with van der Waals surface area (Å²) in [6.07, 6.45) is 1.10. The normalized spacial score (nSPS) is 13.8. The van der Waals surface area contributed by atoms with E-state index in [2.05, 4.69) is 10.2 Å². The molecule has 1 saturated heterocycles. The van der Waals surface area contributed by atoms with E-state index in [1.807, 2.05) is 36.4 Å². The molecule has 0 aliphatic carbocycles. The van der Waals surface area contributed by atoms with Gasteiger partial charge in [-0.2, -0.15) is 0 Å². The summed E-state index contributed by atoms with van der Waals surface area (Å²) in [5.41, 5.74) is 2.12. The monoisotopic (exact) mass is 476 g/mol. The van der Waals surface area contributed by atoms with Gasteiger partial charge in [-0.15, -0.1) is 24.8 Å². The molecular weight excluding hydrogens is 447 g/mol. The largest absolute Gasteiger partial charge is 0.493 e. The lowest BCUT2D eigenvalue weighted by Crippen LogP contribution is -2.37. The van der Waals surface area contributed by atoms with Gasteiger partial charge in [0.1, 0.15) is 6.61 Å². The lowest BCUT2D eigenvalue weighted by Gasteiger charge is -2.26. The Hall–Kier alpha value is -1.21. The summed E-state index contributed by atoms with van der Waals surface area (Å²) in [5.74, 6) is 1.41. The van der Waals surface area contributed by atoms with Crippen LogP contribution in [0.4, 0.5) is 0 Å². The Bertz CT molecular complexity index is 729. The Morgan fingerprint density at radius 2 is 1.83 bits per heavy atom. The van der Waals surface area contributed by atoms with Gasteiger partial charge in [0.05, 0.1) is 20.3 Å². The van der Waals surface area contributed by atoms with Crippen molar-refractivity contribution in [3.63, 3.8) is 0 Å². The zero-order chi connectivity index (χ0) is 19.6. The van der Waals surface area contributed by atoms with E-state index in [1.165, 1.54) is 0 Å². The average Bonchev–Trinajstić information content (AvgIpc) is 2.73. The predicted molar refractivity (Wildman–Crippen MR) is 127 cm³/mol. The summed E-state index contributed by atoms with van der Waals surface area (Å²) in [6, 6.07) is 13.9. The van der Waals surface area contributed by atoms with Crippen LogP contribution in [0.15, 0.2) is 42.5 Å². The molecular formula is C22H31Cl3N2O3. The molecule has 5 nitrogen and oxygen atoms in total. The van der Waals surface area contributed by atoms with Crippen molar-refractivity contribution in [2.45, 2.75) is 19.6 Å². The van der Waals surface area contributed by atoms with Crippen LogP contribution >= 0.6 is 36.4 Å². The number of morpholine rings is 1. The zero-order valence-corrected chi connectivity index (χ0v) is 19.7. The van der Waals surface area contributed by atoms with Crippen LogP contribution in [0.3, 0.4) is 0 Å². The van der Waals surface area contributed by atoms with Gasteiger partial charge in [0.25, 0.3) is 0 Å². The Morgan fingerprint density at radius 3 is 2.53 bits per heavy atom. The van der Waals surface area contributed by atoms with E-state index in [4.69, 9.17) is 25.8 Å². The summed E-state index contributed by atoms with van der Waals surface area (Å²) in [6.45, 7) is 6.95. The SMILES string of the molecule is COc1cc(Cl)cc(CNCCCN2CCOCC2)c1OCc1ccccc1.Cl.Cl. The number of hydrogen-bond acceptors (Lipinski definition) is 5. The Morgan fingerprint density at radius 1 is 1.10 bits per heavy atom. The molecule has 2 aromatic carbocycles. The first-order valence-corrected chi connectivity index (χ1v) is 10.2. The van der Waals surface area contributed by atoms with Gasteiger partial charge in [0.15, 0.2) is 11.5 Å². The minimum absolute atomic E-state index is 0. The van der Waals surface area contributed by atoms with Gasteiger partial charge in [0.2, 0.25) is 0 Å². The van der Waals surface area contributed by atoms with Crippen molar-refractivity contribution in [2.24, 2.45) is 0 Å². The zero-order valence-electron chi connectivity index (χ0n) is 17.3. The molecule has 30 heavy (non-hydrogen) atoms. The Kier molecular flexibility index (Phi) is 13.2. The van der Waals surface area contributed by atoms with Gasteiger partial charge in [-0.1, -0.05) is 41.9 Å². The first kappa shape index (κ1) is 26.8. The van der Waals surface area contributed by atoms with Crippen LogP contribution in [0, 0.1) is 0 Å². The topological polar surface area (TPSA) is 43.0 Å². The molecule has 1 aliphatic rings. The molecule has 0 amide bonds. The van der Waals surface area contributed by atoms with E-state index >= 15 is 0 Å². The molecule has 168 valence electrons. The smallest absolute Gasteiger partial charge is 0.166 e. The second-order valence-corrected chi connectivity index (χ2v) is 7.29. The van der Waals surface area contributed by atoms with Crippen molar-refractivity contribution in [2.75, 3.05) is 46.5 Å². The van der Waals surface area contributed by atoms with E-state index < -0.39 is 0 Å². The fraction of sp³-hybridized carbons (Fsp3) is 0.455. The summed E-state index contributed by atoms with van der Waals surface area (Å²) >= 11 is 6.28. The predicted octanol–water partition coefficient (Wildman–Crippen LogP) is 4.58. The van der Waals surface area contributed by atoms with Crippen molar-refractivity contribution >= 4 is 36.4 Å². The van der Waals surface area contributed by atoms with Crippen LogP contribution in [0.5, 0.6) is 11.5 Å². The first-order chi connectivity index (χ1) is 13.8. The maximum Gasteiger partial charge on any atom is 0.166 e. The molecule has 1 aliphatic heterocycles. The molecule has 0 radical (unpaired) electrons. The van der Waals surface area contributed by atoms with Crippen LogP contribution in [0.25, 0.3) is 0 Å². The quantitative estimate of drug-likeness (QED) is 0.507. The number of nitrogens with one attached hydrogen (secondary N) is 1. The third kappa shape index (κ3) is 8.50. The highest BCUT2D eigenvalue weighted by atomic mass is 35.5. The number of rotatable bonds is 10. The summed E-state index contributed by atoms with van der Waals surface area (Å²) < 4.78 is 17.0. The van der Waals surface area contributed by atoms with Gasteiger partial charge >= 0.3 is 0 Å². The lowest BCUT2D eigenvalue weighted by atomic mass is 10.1. The fourth-order valence-corrected chi connectivity index (χ4v) is 3.51. The standard InChI is InChI=1S/C22H29ClN2O3.2ClH/c1-26-21-15-20(23)14-19(22(21)28-17-18-6-3-2-4-7-18)16-24-8-5-9-25-10-12-27-13-11-25;;/h2-4,6-7,14-15,24H,5,8-13,16-17H2,1H3;2*1H. The number of halogens is 3. The van der Waals surface area contributed by atoms with Crippen LogP contribution in [0.2, 0.25) is 5.02 Å². The van der Waals surface area contributed by atoms with Crippen molar-refractivity contribution in [1.82, 2.24) is 10.2 Å². The highest BCUT2D eigenvalue weighted by Gasteiger charge is 2.14. The average molecular weight is 478 g/mol. The number of methoxy groups -OCH3 is 1. The summed E-state index contributed by atoms with van der Waals surface area (Å²) in [5, 5.41) is 4.15. The van der Waals surface area contributed by atoms with Crippen molar-refractivity contribution in [3.8, 4) is 11.5 Å². The molecule has 0 bridgehead atoms. The van der Waals surface area contributed by atoms with E-state index in [9.17, 15) is 0 Å². The molecule has 1 heterocycles. The number of benzene rings is 2. The Balaban J connectivity index is 0.00000225. The molecule has 1 fully saturated rings. The summed E-state index contributed by atoms with van der Waals surface area (Å²) in [4.78, 5) is 2.45. The van der Waals surface area contributed by atoms with Crippen LogP contribution < -0.4 is 14.8 Å². The highest BCUT2D eigenvalue weighted by molar-refractivity contribution is 6.30. The van der Waals surface area contributed by atoms with Gasteiger partial charge in [-0.05, 0) is 31.1 Å². The molecule has 0 unspecified atom stereocenters. The van der Waals surface area contributed by atoms with E-state index in [-0.39, 0.29) is 24.8 Å². The molecule has 8 heteroatoms. The van der Waals surface area contributed by atoms with Crippen molar-refractivity contribution < 1.29 is 14.2 Å². The first-order valence-electron chi connectivity index (χ1n) is 9.80. The number of hydrogen-bond donors (Lipinski definition) is 1. The highest BCUT2D eigenvalue weighted by Crippen LogP contribution is 2.35. The third-order valence-corrected chi connectivity index (χ3v) is 5.01. The van der Waals surface area contributed by atoms with E-state index in [0.717, 1.165) is 62.7 Å². The summed E-state index contributed by atoms with van der Waals surface area (Å²) in [7, 11) is 1.64. The van der Waals surface area contributed by atoms with Crippen LogP contribution in [-0.4, -0.2) is 51.4 Å². The third-order valence-electron chi connectivity index (χ3n) is 4.79. The van der Waals surface area contributed by atoms with Gasteiger partial charge in [-0.25, -0.2) is 0 Å². The molecule has 0 spiro atoms. The van der Waals surface area contributed by atoms with Crippen LogP contribution in [0.1, 0.15) is 17.5 Å². The van der Waals surface area contributed by atoms with E-state index in [0.29, 0.717) is 23.9 Å². The number of nitrogens with zero attached hydrogens (tertiary/aromatic N) is 1. The molecule has 0 saturated carbocycles. The fourth-order valence-electron chi connectivity index (χ4n) is 3.27. The van der Waals surface area contributed by atoms with Crippen molar-refractivity contribution in [1.29, 1.82) is 0 Å². The molecule has 1 N–H and O–H groups in total. The minimum Gasteiger partial charge on any atom is -0.493 e. The van der Waals surface area contributed by atoms with Crippen LogP contribution in [-0.2, 0) is 17.9 Å². The van der Waals surface area contributed by atoms with Gasteiger partial charge in [0, 0.05) is 36.3 Å². The van der Waals surface area contributed by atoms with Gasteiger partial charge < -0.3 is 19.5 Å². The molecule has 0 atom stereocenters. The maximum absolute atomic E-state index is 6.28. The van der Waals surface area contributed by atoms with Gasteiger partial charge in [-0.3, -0.25) is 4.90 Å². The molecule has 0 aromatic heterocycles. The number of ether oxygens (including phenoxy) is 3. The second kappa shape index (κ2) is 14.7.